The van der Waals surface area contributed by atoms with Gasteiger partial charge in [-0.25, -0.2) is 4.68 Å². The second kappa shape index (κ2) is 7.81. The molecule has 1 saturated heterocycles. The molecule has 6 heteroatoms. The van der Waals surface area contributed by atoms with E-state index in [1.807, 2.05) is 37.3 Å². The van der Waals surface area contributed by atoms with E-state index >= 15 is 0 Å². The monoisotopic (exact) mass is 348 g/mol. The van der Waals surface area contributed by atoms with Crippen LogP contribution in [0.1, 0.15) is 35.8 Å². The third kappa shape index (κ3) is 3.97. The van der Waals surface area contributed by atoms with Gasteiger partial charge in [0.2, 0.25) is 0 Å². The van der Waals surface area contributed by atoms with Crippen LogP contribution >= 0.6 is 12.4 Å². The van der Waals surface area contributed by atoms with Crippen LogP contribution in [0, 0.1) is 12.3 Å². The third-order valence-electron chi connectivity index (χ3n) is 4.74. The summed E-state index contributed by atoms with van der Waals surface area (Å²) < 4.78 is 1.81. The zero-order valence-electron chi connectivity index (χ0n) is 14.2. The lowest BCUT2D eigenvalue weighted by atomic mass is 9.81. The van der Waals surface area contributed by atoms with E-state index in [2.05, 4.69) is 22.7 Å². The molecule has 1 aliphatic rings. The van der Waals surface area contributed by atoms with Crippen molar-refractivity contribution in [1.82, 2.24) is 20.4 Å². The van der Waals surface area contributed by atoms with Gasteiger partial charge in [0.05, 0.1) is 23.1 Å². The summed E-state index contributed by atoms with van der Waals surface area (Å²) in [5, 5.41) is 10.8. The average molecular weight is 349 g/mol. The standard InChI is InChI=1S/C18H24N4O.ClH/c1-14-16(12-21-22(14)15-6-4-3-5-7-15)17(23)20-13-18(2)8-10-19-11-9-18;/h3-7,12,19H,8-11,13H2,1-2H3,(H,20,23);1H. The Morgan fingerprint density at radius 1 is 1.29 bits per heavy atom. The summed E-state index contributed by atoms with van der Waals surface area (Å²) in [4.78, 5) is 12.5. The van der Waals surface area contributed by atoms with Crippen molar-refractivity contribution in [3.05, 3.63) is 47.8 Å². The van der Waals surface area contributed by atoms with Gasteiger partial charge in [0.15, 0.2) is 0 Å². The van der Waals surface area contributed by atoms with Crippen molar-refractivity contribution in [2.24, 2.45) is 5.41 Å². The van der Waals surface area contributed by atoms with E-state index < -0.39 is 0 Å². The fourth-order valence-electron chi connectivity index (χ4n) is 3.06. The molecule has 0 aliphatic carbocycles. The maximum atomic E-state index is 12.5. The van der Waals surface area contributed by atoms with E-state index in [-0.39, 0.29) is 23.7 Å². The number of aromatic nitrogens is 2. The Kier molecular flexibility index (Phi) is 6.02. The first-order valence-electron chi connectivity index (χ1n) is 8.18. The molecular formula is C18H25ClN4O. The zero-order chi connectivity index (χ0) is 16.3. The topological polar surface area (TPSA) is 59.0 Å². The number of para-hydroxylation sites is 1. The molecule has 0 saturated carbocycles. The van der Waals surface area contributed by atoms with E-state index in [4.69, 9.17) is 0 Å². The van der Waals surface area contributed by atoms with Gasteiger partial charge in [-0.1, -0.05) is 25.1 Å². The first-order chi connectivity index (χ1) is 11.1. The Morgan fingerprint density at radius 3 is 2.62 bits per heavy atom. The highest BCUT2D eigenvalue weighted by Crippen LogP contribution is 2.26. The molecule has 1 amide bonds. The molecule has 2 N–H and O–H groups in total. The van der Waals surface area contributed by atoms with Gasteiger partial charge < -0.3 is 10.6 Å². The van der Waals surface area contributed by atoms with E-state index in [9.17, 15) is 4.79 Å². The van der Waals surface area contributed by atoms with E-state index in [1.54, 1.807) is 10.9 Å². The zero-order valence-corrected chi connectivity index (χ0v) is 15.0. The van der Waals surface area contributed by atoms with Gasteiger partial charge in [0.25, 0.3) is 5.91 Å². The van der Waals surface area contributed by atoms with Crippen molar-refractivity contribution in [3.8, 4) is 5.69 Å². The molecule has 24 heavy (non-hydrogen) atoms. The van der Waals surface area contributed by atoms with Crippen LogP contribution in [-0.4, -0.2) is 35.3 Å². The summed E-state index contributed by atoms with van der Waals surface area (Å²) in [6.45, 7) is 6.94. The Hall–Kier alpha value is -1.85. The summed E-state index contributed by atoms with van der Waals surface area (Å²) in [5.74, 6) is -0.0376. The minimum Gasteiger partial charge on any atom is -0.351 e. The van der Waals surface area contributed by atoms with Gasteiger partial charge in [0, 0.05) is 6.54 Å². The Bertz CT molecular complexity index is 678. The Balaban J connectivity index is 0.00000208. The number of carbonyl (C=O) groups is 1. The number of nitrogens with one attached hydrogen (secondary N) is 2. The van der Waals surface area contributed by atoms with E-state index in [0.29, 0.717) is 12.1 Å². The highest BCUT2D eigenvalue weighted by atomic mass is 35.5. The van der Waals surface area contributed by atoms with E-state index in [0.717, 1.165) is 37.3 Å². The van der Waals surface area contributed by atoms with Crippen LogP contribution in [0.3, 0.4) is 0 Å². The molecule has 1 aromatic heterocycles. The predicted octanol–water partition coefficient (Wildman–Crippen LogP) is 2.72. The predicted molar refractivity (Wildman–Crippen MR) is 98.1 cm³/mol. The fourth-order valence-corrected chi connectivity index (χ4v) is 3.06. The van der Waals surface area contributed by atoms with Crippen LogP contribution in [0.25, 0.3) is 5.69 Å². The highest BCUT2D eigenvalue weighted by Gasteiger charge is 2.27. The largest absolute Gasteiger partial charge is 0.351 e. The van der Waals surface area contributed by atoms with Gasteiger partial charge in [-0.05, 0) is 50.4 Å². The number of benzene rings is 1. The van der Waals surface area contributed by atoms with Crippen LogP contribution in [0.5, 0.6) is 0 Å². The molecule has 0 bridgehead atoms. The van der Waals surface area contributed by atoms with E-state index in [1.165, 1.54) is 0 Å². The summed E-state index contributed by atoms with van der Waals surface area (Å²) in [7, 11) is 0. The van der Waals surface area contributed by atoms with Crippen molar-refractivity contribution < 1.29 is 4.79 Å². The van der Waals surface area contributed by atoms with Crippen molar-refractivity contribution in [1.29, 1.82) is 0 Å². The van der Waals surface area contributed by atoms with Gasteiger partial charge in [-0.2, -0.15) is 5.10 Å². The van der Waals surface area contributed by atoms with Crippen molar-refractivity contribution in [3.63, 3.8) is 0 Å². The number of halogens is 1. The van der Waals surface area contributed by atoms with Crippen LogP contribution in [0.4, 0.5) is 0 Å². The van der Waals surface area contributed by atoms with Gasteiger partial charge in [-0.15, -0.1) is 12.4 Å². The highest BCUT2D eigenvalue weighted by molar-refractivity contribution is 5.95. The molecule has 0 radical (unpaired) electrons. The second-order valence-corrected chi connectivity index (χ2v) is 6.63. The minimum atomic E-state index is -0.0376. The lowest BCUT2D eigenvalue weighted by molar-refractivity contribution is 0.0921. The smallest absolute Gasteiger partial charge is 0.254 e. The fraction of sp³-hybridized carbons (Fsp3) is 0.444. The molecule has 2 heterocycles. The lowest BCUT2D eigenvalue weighted by Crippen LogP contribution is -2.43. The molecule has 130 valence electrons. The summed E-state index contributed by atoms with van der Waals surface area (Å²) >= 11 is 0. The number of hydrogen-bond donors (Lipinski definition) is 2. The van der Waals surface area contributed by atoms with Crippen LogP contribution in [-0.2, 0) is 0 Å². The molecule has 1 fully saturated rings. The normalized spacial score (nSPS) is 16.2. The van der Waals surface area contributed by atoms with Crippen LogP contribution in [0.2, 0.25) is 0 Å². The average Bonchev–Trinajstić information content (AvgIpc) is 2.96. The first-order valence-corrected chi connectivity index (χ1v) is 8.18. The first kappa shape index (κ1) is 18.5. The maximum Gasteiger partial charge on any atom is 0.254 e. The molecule has 0 unspecified atom stereocenters. The molecule has 5 nitrogen and oxygen atoms in total. The Labute approximate surface area is 149 Å². The quantitative estimate of drug-likeness (QED) is 0.893. The molecular weight excluding hydrogens is 324 g/mol. The summed E-state index contributed by atoms with van der Waals surface area (Å²) in [5.41, 5.74) is 2.66. The molecule has 0 atom stereocenters. The number of amides is 1. The molecule has 0 spiro atoms. The van der Waals surface area contributed by atoms with Gasteiger partial charge >= 0.3 is 0 Å². The SMILES string of the molecule is Cc1c(C(=O)NCC2(C)CCNCC2)cnn1-c1ccccc1.Cl. The van der Waals surface area contributed by atoms with Gasteiger partial charge in [0.1, 0.15) is 0 Å². The van der Waals surface area contributed by atoms with Crippen molar-refractivity contribution in [2.75, 3.05) is 19.6 Å². The lowest BCUT2D eigenvalue weighted by Gasteiger charge is -2.34. The maximum absolute atomic E-state index is 12.5. The number of carbonyl (C=O) groups excluding carboxylic acids is 1. The summed E-state index contributed by atoms with van der Waals surface area (Å²) in [6.07, 6.45) is 3.84. The summed E-state index contributed by atoms with van der Waals surface area (Å²) in [6, 6.07) is 9.87. The molecule has 3 rings (SSSR count). The van der Waals surface area contributed by atoms with Gasteiger partial charge in [-0.3, -0.25) is 4.79 Å². The van der Waals surface area contributed by atoms with Crippen LogP contribution in [0.15, 0.2) is 36.5 Å². The third-order valence-corrected chi connectivity index (χ3v) is 4.74. The van der Waals surface area contributed by atoms with Crippen molar-refractivity contribution >= 4 is 18.3 Å². The number of hydrogen-bond acceptors (Lipinski definition) is 3. The molecule has 1 aromatic carbocycles. The molecule has 1 aliphatic heterocycles. The number of piperidine rings is 1. The number of rotatable bonds is 4. The Morgan fingerprint density at radius 2 is 1.96 bits per heavy atom. The molecule has 2 aromatic rings. The number of nitrogens with zero attached hydrogens (tertiary/aromatic N) is 2. The second-order valence-electron chi connectivity index (χ2n) is 6.63. The minimum absolute atomic E-state index is 0. The van der Waals surface area contributed by atoms with Crippen molar-refractivity contribution in [2.45, 2.75) is 26.7 Å². The van der Waals surface area contributed by atoms with Crippen LogP contribution < -0.4 is 10.6 Å².